The summed E-state index contributed by atoms with van der Waals surface area (Å²) >= 11 is 3.42. The lowest BCUT2D eigenvalue weighted by molar-refractivity contribution is -0.130. The van der Waals surface area contributed by atoms with Crippen molar-refractivity contribution in [3.05, 3.63) is 51.7 Å². The van der Waals surface area contributed by atoms with Crippen LogP contribution in [0.3, 0.4) is 0 Å². The minimum Gasteiger partial charge on any atom is -0.273 e. The molecule has 1 aliphatic heterocycles. The number of amides is 1. The fourth-order valence-electron chi connectivity index (χ4n) is 2.61. The Bertz CT molecular complexity index is 719. The topological polar surface area (TPSA) is 32.7 Å². The maximum atomic E-state index is 11.9. The van der Waals surface area contributed by atoms with Gasteiger partial charge in [0.1, 0.15) is 0 Å². The van der Waals surface area contributed by atoms with Gasteiger partial charge < -0.3 is 0 Å². The van der Waals surface area contributed by atoms with Crippen LogP contribution in [0, 0.1) is 6.92 Å². The van der Waals surface area contributed by atoms with Gasteiger partial charge in [0.2, 0.25) is 5.91 Å². The fraction of sp³-hybridized carbons (Fsp3) is 0.294. The summed E-state index contributed by atoms with van der Waals surface area (Å²) in [5, 5.41) is 8.33. The summed E-state index contributed by atoms with van der Waals surface area (Å²) in [5.74, 6) is -0.00760. The van der Waals surface area contributed by atoms with Crippen LogP contribution >= 0.6 is 23.1 Å². The van der Waals surface area contributed by atoms with Crippen molar-refractivity contribution in [1.82, 2.24) is 5.01 Å². The highest BCUT2D eigenvalue weighted by atomic mass is 32.2. The molecule has 0 aliphatic carbocycles. The van der Waals surface area contributed by atoms with Gasteiger partial charge in [-0.3, -0.25) is 4.79 Å². The number of thioether (sulfide) groups is 1. The summed E-state index contributed by atoms with van der Waals surface area (Å²) in [4.78, 5) is 14.4. The minimum atomic E-state index is -0.00760. The van der Waals surface area contributed by atoms with Gasteiger partial charge in [0.15, 0.2) is 0 Å². The zero-order valence-electron chi connectivity index (χ0n) is 12.9. The van der Waals surface area contributed by atoms with E-state index in [0.29, 0.717) is 0 Å². The van der Waals surface area contributed by atoms with Crippen molar-refractivity contribution in [2.45, 2.75) is 31.2 Å². The predicted octanol–water partition coefficient (Wildman–Crippen LogP) is 4.48. The molecule has 0 radical (unpaired) electrons. The lowest BCUT2D eigenvalue weighted by atomic mass is 10.0. The number of nitrogens with zero attached hydrogens (tertiary/aromatic N) is 2. The lowest BCUT2D eigenvalue weighted by Crippen LogP contribution is -2.23. The Morgan fingerprint density at radius 1 is 1.36 bits per heavy atom. The highest BCUT2D eigenvalue weighted by Gasteiger charge is 2.32. The summed E-state index contributed by atoms with van der Waals surface area (Å²) in [6.07, 6.45) is 2.84. The molecule has 3 nitrogen and oxygen atoms in total. The van der Waals surface area contributed by atoms with Gasteiger partial charge in [-0.15, -0.1) is 23.1 Å². The number of carbonyl (C=O) groups is 1. The molecule has 5 heteroatoms. The van der Waals surface area contributed by atoms with E-state index in [1.807, 2.05) is 0 Å². The Kier molecular flexibility index (Phi) is 4.36. The van der Waals surface area contributed by atoms with Crippen molar-refractivity contribution < 1.29 is 4.79 Å². The van der Waals surface area contributed by atoms with Crippen molar-refractivity contribution in [1.29, 1.82) is 0 Å². The first-order chi connectivity index (χ1) is 10.6. The number of thiophene rings is 1. The Morgan fingerprint density at radius 3 is 2.64 bits per heavy atom. The first kappa shape index (κ1) is 15.3. The molecule has 0 spiro atoms. The number of hydrazone groups is 1. The van der Waals surface area contributed by atoms with E-state index in [1.54, 1.807) is 35.0 Å². The molecule has 114 valence electrons. The van der Waals surface area contributed by atoms with Gasteiger partial charge in [-0.2, -0.15) is 5.10 Å². The molecule has 2 aromatic rings. The van der Waals surface area contributed by atoms with Crippen molar-refractivity contribution in [3.63, 3.8) is 0 Å². The van der Waals surface area contributed by atoms with Crippen LogP contribution in [-0.2, 0) is 4.79 Å². The van der Waals surface area contributed by atoms with E-state index in [0.717, 1.165) is 17.7 Å². The van der Waals surface area contributed by atoms with Crippen LogP contribution in [-0.4, -0.2) is 22.9 Å². The van der Waals surface area contributed by atoms with Gasteiger partial charge in [0.25, 0.3) is 0 Å². The van der Waals surface area contributed by atoms with Crippen molar-refractivity contribution in [3.8, 4) is 0 Å². The Labute approximate surface area is 139 Å². The molecule has 1 aromatic carbocycles. The van der Waals surface area contributed by atoms with Crippen molar-refractivity contribution in [2.75, 3.05) is 6.26 Å². The third kappa shape index (κ3) is 2.96. The van der Waals surface area contributed by atoms with Gasteiger partial charge in [0.05, 0.1) is 11.8 Å². The third-order valence-electron chi connectivity index (χ3n) is 3.74. The Hall–Kier alpha value is -1.59. The molecule has 0 N–H and O–H groups in total. The van der Waals surface area contributed by atoms with Gasteiger partial charge in [-0.05, 0) is 47.9 Å². The molecule has 0 saturated heterocycles. The molecule has 2 heterocycles. The van der Waals surface area contributed by atoms with Gasteiger partial charge in [0, 0.05) is 23.1 Å². The van der Waals surface area contributed by atoms with Crippen molar-refractivity contribution >= 4 is 34.7 Å². The highest BCUT2D eigenvalue weighted by molar-refractivity contribution is 7.98. The van der Waals surface area contributed by atoms with Crippen molar-refractivity contribution in [2.24, 2.45) is 5.10 Å². The second-order valence-corrected chi connectivity index (χ2v) is 7.21. The highest BCUT2D eigenvalue weighted by Crippen LogP contribution is 2.36. The van der Waals surface area contributed by atoms with Crippen LogP contribution in [0.1, 0.15) is 35.4 Å². The molecule has 22 heavy (non-hydrogen) atoms. The van der Waals surface area contributed by atoms with Crippen LogP contribution in [0.15, 0.2) is 45.7 Å². The maximum Gasteiger partial charge on any atom is 0.240 e. The molecule has 1 aromatic heterocycles. The van der Waals surface area contributed by atoms with Crippen LogP contribution < -0.4 is 0 Å². The Balaban J connectivity index is 1.90. The molecular weight excluding hydrogens is 312 g/mol. The zero-order valence-corrected chi connectivity index (χ0v) is 14.5. The molecule has 0 bridgehead atoms. The molecule has 0 fully saturated rings. The quantitative estimate of drug-likeness (QED) is 0.778. The summed E-state index contributed by atoms with van der Waals surface area (Å²) < 4.78 is 0. The fourth-order valence-corrected chi connectivity index (χ4v) is 4.00. The molecular formula is C17H18N2OS2. The maximum absolute atomic E-state index is 11.9. The molecule has 1 amide bonds. The van der Waals surface area contributed by atoms with E-state index < -0.39 is 0 Å². The molecule has 3 rings (SSSR count). The summed E-state index contributed by atoms with van der Waals surface area (Å²) in [7, 11) is 0. The lowest BCUT2D eigenvalue weighted by Gasteiger charge is -2.18. The Morgan fingerprint density at radius 2 is 2.09 bits per heavy atom. The van der Waals surface area contributed by atoms with E-state index in [2.05, 4.69) is 54.0 Å². The summed E-state index contributed by atoms with van der Waals surface area (Å²) in [6, 6.07) is 10.6. The number of hydrogen-bond acceptors (Lipinski definition) is 4. The normalized spacial score (nSPS) is 17.7. The molecule has 1 aliphatic rings. The standard InChI is InChI=1S/C17H18N2OS2/c1-11-8-17(22-10-11)16-9-15(18-19(16)12(2)20)13-4-6-14(21-3)7-5-13/h4-8,10,16H,9H2,1-3H3. The first-order valence-corrected chi connectivity index (χ1v) is 9.25. The van der Waals surface area contributed by atoms with Gasteiger partial charge >= 0.3 is 0 Å². The van der Waals surface area contributed by atoms with Gasteiger partial charge in [-0.25, -0.2) is 5.01 Å². The summed E-state index contributed by atoms with van der Waals surface area (Å²) in [5.41, 5.74) is 3.32. The predicted molar refractivity (Wildman–Crippen MR) is 93.7 cm³/mol. The number of hydrogen-bond donors (Lipinski definition) is 0. The second-order valence-electron chi connectivity index (χ2n) is 5.39. The SMILES string of the molecule is CSc1ccc(C2=NN(C(C)=O)C(c3cc(C)cs3)C2)cc1. The van der Waals surface area contributed by atoms with Gasteiger partial charge in [-0.1, -0.05) is 12.1 Å². The largest absolute Gasteiger partial charge is 0.273 e. The molecule has 0 saturated carbocycles. The van der Waals surface area contributed by atoms with E-state index >= 15 is 0 Å². The van der Waals surface area contributed by atoms with E-state index in [-0.39, 0.29) is 11.9 Å². The second kappa shape index (κ2) is 6.26. The average molecular weight is 330 g/mol. The van der Waals surface area contributed by atoms with E-state index in [4.69, 9.17) is 0 Å². The van der Waals surface area contributed by atoms with Crippen LogP contribution in [0.5, 0.6) is 0 Å². The number of benzene rings is 1. The summed E-state index contributed by atoms with van der Waals surface area (Å²) in [6.45, 7) is 3.66. The molecule has 1 atom stereocenters. The smallest absolute Gasteiger partial charge is 0.240 e. The monoisotopic (exact) mass is 330 g/mol. The number of aryl methyl sites for hydroxylation is 1. The van der Waals surface area contributed by atoms with Crippen LogP contribution in [0.2, 0.25) is 0 Å². The van der Waals surface area contributed by atoms with Crippen LogP contribution in [0.4, 0.5) is 0 Å². The molecule has 1 unspecified atom stereocenters. The van der Waals surface area contributed by atoms with E-state index in [9.17, 15) is 4.79 Å². The average Bonchev–Trinajstić information content (AvgIpc) is 3.13. The third-order valence-corrected chi connectivity index (χ3v) is 5.63. The minimum absolute atomic E-state index is 0.00760. The number of carbonyl (C=O) groups excluding carboxylic acids is 1. The number of rotatable bonds is 3. The van der Waals surface area contributed by atoms with Crippen LogP contribution in [0.25, 0.3) is 0 Å². The zero-order chi connectivity index (χ0) is 15.7. The first-order valence-electron chi connectivity index (χ1n) is 7.15. The van der Waals surface area contributed by atoms with E-state index in [1.165, 1.54) is 15.3 Å².